The van der Waals surface area contributed by atoms with E-state index in [0.717, 1.165) is 19.4 Å². The van der Waals surface area contributed by atoms with E-state index in [2.05, 4.69) is 10.3 Å². The van der Waals surface area contributed by atoms with E-state index in [-0.39, 0.29) is 35.0 Å². The molecule has 1 saturated heterocycles. The SMILES string of the molecule is CC(C)C(=O)N1CCC[C@@H](NC(=O)c2cccc(=O)[nH]2)C1. The van der Waals surface area contributed by atoms with Gasteiger partial charge in [0.15, 0.2) is 0 Å². The Morgan fingerprint density at radius 2 is 2.14 bits per heavy atom. The fraction of sp³-hybridized carbons (Fsp3) is 0.533. The molecule has 2 rings (SSSR count). The zero-order valence-corrected chi connectivity index (χ0v) is 12.4. The smallest absolute Gasteiger partial charge is 0.268 e. The summed E-state index contributed by atoms with van der Waals surface area (Å²) >= 11 is 0. The Hall–Kier alpha value is -2.11. The highest BCUT2D eigenvalue weighted by Crippen LogP contribution is 2.13. The summed E-state index contributed by atoms with van der Waals surface area (Å²) in [5.41, 5.74) is -0.0577. The molecule has 1 atom stereocenters. The molecule has 1 aliphatic rings. The number of piperidine rings is 1. The van der Waals surface area contributed by atoms with Crippen LogP contribution in [0.5, 0.6) is 0 Å². The lowest BCUT2D eigenvalue weighted by molar-refractivity contribution is -0.135. The minimum Gasteiger partial charge on any atom is -0.346 e. The summed E-state index contributed by atoms with van der Waals surface area (Å²) in [7, 11) is 0. The number of nitrogens with one attached hydrogen (secondary N) is 2. The number of hydrogen-bond acceptors (Lipinski definition) is 3. The van der Waals surface area contributed by atoms with Crippen LogP contribution in [0.1, 0.15) is 37.2 Å². The maximum atomic E-state index is 12.1. The van der Waals surface area contributed by atoms with Gasteiger partial charge in [0.05, 0.1) is 0 Å². The number of carbonyl (C=O) groups excluding carboxylic acids is 2. The van der Waals surface area contributed by atoms with Crippen molar-refractivity contribution in [3.63, 3.8) is 0 Å². The number of hydrogen-bond donors (Lipinski definition) is 2. The largest absolute Gasteiger partial charge is 0.346 e. The average Bonchev–Trinajstić information content (AvgIpc) is 2.46. The monoisotopic (exact) mass is 291 g/mol. The molecule has 1 aromatic rings. The standard InChI is InChI=1S/C15H21N3O3/c1-10(2)15(21)18-8-4-5-11(9-18)16-14(20)12-6-3-7-13(19)17-12/h3,6-7,10-11H,4-5,8-9H2,1-2H3,(H,16,20)(H,17,19)/t11-/m1/s1. The maximum Gasteiger partial charge on any atom is 0.268 e. The van der Waals surface area contributed by atoms with Crippen LogP contribution < -0.4 is 10.9 Å². The summed E-state index contributed by atoms with van der Waals surface area (Å²) in [6, 6.07) is 4.40. The maximum absolute atomic E-state index is 12.1. The van der Waals surface area contributed by atoms with Gasteiger partial charge in [-0.05, 0) is 18.9 Å². The quantitative estimate of drug-likeness (QED) is 0.862. The van der Waals surface area contributed by atoms with Crippen molar-refractivity contribution in [2.45, 2.75) is 32.7 Å². The lowest BCUT2D eigenvalue weighted by atomic mass is 10.0. The fourth-order valence-corrected chi connectivity index (χ4v) is 2.50. The van der Waals surface area contributed by atoms with E-state index in [1.807, 2.05) is 13.8 Å². The molecule has 0 bridgehead atoms. The van der Waals surface area contributed by atoms with Crippen LogP contribution in [0.4, 0.5) is 0 Å². The predicted octanol–water partition coefficient (Wildman–Crippen LogP) is 0.752. The molecule has 0 aromatic carbocycles. The third kappa shape index (κ3) is 3.93. The Morgan fingerprint density at radius 1 is 1.38 bits per heavy atom. The average molecular weight is 291 g/mol. The first-order chi connectivity index (χ1) is 9.97. The summed E-state index contributed by atoms with van der Waals surface area (Å²) < 4.78 is 0. The van der Waals surface area contributed by atoms with Gasteiger partial charge in [0.2, 0.25) is 11.5 Å². The van der Waals surface area contributed by atoms with Crippen molar-refractivity contribution in [1.29, 1.82) is 0 Å². The highest BCUT2D eigenvalue weighted by atomic mass is 16.2. The second kappa shape index (κ2) is 6.56. The minimum absolute atomic E-state index is 0.0371. The minimum atomic E-state index is -0.309. The molecule has 2 N–H and O–H groups in total. The molecule has 1 aromatic heterocycles. The number of amides is 2. The van der Waals surface area contributed by atoms with Gasteiger partial charge in [-0.2, -0.15) is 0 Å². The number of aromatic amines is 1. The number of nitrogens with zero attached hydrogens (tertiary/aromatic N) is 1. The molecule has 0 radical (unpaired) electrons. The lowest BCUT2D eigenvalue weighted by Gasteiger charge is -2.34. The van der Waals surface area contributed by atoms with Crippen molar-refractivity contribution in [2.24, 2.45) is 5.92 Å². The highest BCUT2D eigenvalue weighted by molar-refractivity contribution is 5.92. The molecular formula is C15H21N3O3. The zero-order chi connectivity index (χ0) is 15.4. The molecule has 6 heteroatoms. The summed E-state index contributed by atoms with van der Waals surface area (Å²) in [4.78, 5) is 39.6. The van der Waals surface area contributed by atoms with Gasteiger partial charge in [-0.25, -0.2) is 0 Å². The van der Waals surface area contributed by atoms with E-state index < -0.39 is 0 Å². The van der Waals surface area contributed by atoms with Crippen molar-refractivity contribution in [3.8, 4) is 0 Å². The van der Waals surface area contributed by atoms with Gasteiger partial charge in [0, 0.05) is 31.1 Å². The summed E-state index contributed by atoms with van der Waals surface area (Å²) in [5, 5.41) is 2.88. The van der Waals surface area contributed by atoms with E-state index in [0.29, 0.717) is 6.54 Å². The van der Waals surface area contributed by atoms with Gasteiger partial charge in [-0.1, -0.05) is 19.9 Å². The molecule has 2 heterocycles. The molecule has 0 spiro atoms. The van der Waals surface area contributed by atoms with Crippen molar-refractivity contribution in [2.75, 3.05) is 13.1 Å². The molecule has 2 amide bonds. The van der Waals surface area contributed by atoms with Gasteiger partial charge in [0.25, 0.3) is 5.91 Å². The first-order valence-corrected chi connectivity index (χ1v) is 7.26. The third-order valence-electron chi connectivity index (χ3n) is 3.58. The molecule has 1 fully saturated rings. The number of aromatic nitrogens is 1. The number of likely N-dealkylation sites (tertiary alicyclic amines) is 1. The summed E-state index contributed by atoms with van der Waals surface area (Å²) in [6.45, 7) is 5.02. The van der Waals surface area contributed by atoms with Crippen LogP contribution in [0, 0.1) is 5.92 Å². The van der Waals surface area contributed by atoms with Crippen molar-refractivity contribution >= 4 is 11.8 Å². The molecule has 0 aliphatic carbocycles. The molecule has 21 heavy (non-hydrogen) atoms. The van der Waals surface area contributed by atoms with Crippen LogP contribution >= 0.6 is 0 Å². The lowest BCUT2D eigenvalue weighted by Crippen LogP contribution is -2.50. The first-order valence-electron chi connectivity index (χ1n) is 7.26. The van der Waals surface area contributed by atoms with Gasteiger partial charge in [-0.3, -0.25) is 14.4 Å². The normalized spacial score (nSPS) is 18.6. The highest BCUT2D eigenvalue weighted by Gasteiger charge is 2.26. The van der Waals surface area contributed by atoms with Gasteiger partial charge in [0.1, 0.15) is 5.69 Å². The second-order valence-electron chi connectivity index (χ2n) is 5.68. The second-order valence-corrected chi connectivity index (χ2v) is 5.68. The van der Waals surface area contributed by atoms with E-state index in [1.54, 1.807) is 17.0 Å². The number of H-pyrrole nitrogens is 1. The predicted molar refractivity (Wildman–Crippen MR) is 79.0 cm³/mol. The Balaban J connectivity index is 1.98. The van der Waals surface area contributed by atoms with Crippen LogP contribution in [-0.2, 0) is 4.79 Å². The van der Waals surface area contributed by atoms with Crippen LogP contribution in [0.2, 0.25) is 0 Å². The van der Waals surface area contributed by atoms with Crippen molar-refractivity contribution in [1.82, 2.24) is 15.2 Å². The van der Waals surface area contributed by atoms with Crippen LogP contribution in [0.3, 0.4) is 0 Å². The van der Waals surface area contributed by atoms with Gasteiger partial charge >= 0.3 is 0 Å². The number of carbonyl (C=O) groups is 2. The molecule has 6 nitrogen and oxygen atoms in total. The Kier molecular flexibility index (Phi) is 4.77. The Morgan fingerprint density at radius 3 is 2.81 bits per heavy atom. The molecule has 114 valence electrons. The fourth-order valence-electron chi connectivity index (χ4n) is 2.50. The van der Waals surface area contributed by atoms with Crippen molar-refractivity contribution in [3.05, 3.63) is 34.2 Å². The number of rotatable bonds is 3. The number of pyridine rings is 1. The Labute approximate surface area is 123 Å². The summed E-state index contributed by atoms with van der Waals surface area (Å²) in [5.74, 6) is -0.233. The zero-order valence-electron chi connectivity index (χ0n) is 12.4. The third-order valence-corrected chi connectivity index (χ3v) is 3.58. The van der Waals surface area contributed by atoms with E-state index in [4.69, 9.17) is 0 Å². The van der Waals surface area contributed by atoms with Crippen LogP contribution in [-0.4, -0.2) is 40.8 Å². The summed E-state index contributed by atoms with van der Waals surface area (Å²) in [6.07, 6.45) is 1.71. The molecular weight excluding hydrogens is 270 g/mol. The molecule has 0 saturated carbocycles. The first kappa shape index (κ1) is 15.3. The topological polar surface area (TPSA) is 82.3 Å². The van der Waals surface area contributed by atoms with E-state index in [9.17, 15) is 14.4 Å². The van der Waals surface area contributed by atoms with Gasteiger partial charge in [-0.15, -0.1) is 0 Å². The van der Waals surface area contributed by atoms with Crippen LogP contribution in [0.15, 0.2) is 23.0 Å². The van der Waals surface area contributed by atoms with Crippen molar-refractivity contribution < 1.29 is 9.59 Å². The van der Waals surface area contributed by atoms with E-state index >= 15 is 0 Å². The van der Waals surface area contributed by atoms with E-state index in [1.165, 1.54) is 6.07 Å². The Bertz CT molecular complexity index is 580. The molecule has 0 unspecified atom stereocenters. The van der Waals surface area contributed by atoms with Crippen LogP contribution in [0.25, 0.3) is 0 Å². The van der Waals surface area contributed by atoms with Gasteiger partial charge < -0.3 is 15.2 Å². The molecule has 1 aliphatic heterocycles.